The lowest BCUT2D eigenvalue weighted by Crippen LogP contribution is -2.37. The molecular formula is C20H22N6O3. The highest BCUT2D eigenvalue weighted by Gasteiger charge is 2.24. The first-order valence-electron chi connectivity index (χ1n) is 9.47. The van der Waals surface area contributed by atoms with E-state index in [-0.39, 0.29) is 30.5 Å². The number of rotatable bonds is 5. The number of nitrogens with one attached hydrogen (secondary N) is 1. The number of carbonyl (C=O) groups excluding carboxylic acids is 2. The molecule has 0 bridgehead atoms. The summed E-state index contributed by atoms with van der Waals surface area (Å²) in [7, 11) is 0. The van der Waals surface area contributed by atoms with Crippen LogP contribution >= 0.6 is 0 Å². The van der Waals surface area contributed by atoms with Gasteiger partial charge in [-0.05, 0) is 25.5 Å². The van der Waals surface area contributed by atoms with Crippen molar-refractivity contribution in [2.75, 3.05) is 22.5 Å². The van der Waals surface area contributed by atoms with E-state index in [2.05, 4.69) is 15.6 Å². The number of fused-ring (bicyclic) bond motifs is 1. The molecule has 4 rings (SSSR count). The summed E-state index contributed by atoms with van der Waals surface area (Å²) < 4.78 is 7.01. The number of nitrogens with zero attached hydrogens (tertiary/aromatic N) is 4. The lowest BCUT2D eigenvalue weighted by Gasteiger charge is -2.27. The van der Waals surface area contributed by atoms with Gasteiger partial charge in [-0.15, -0.1) is 0 Å². The van der Waals surface area contributed by atoms with Crippen molar-refractivity contribution < 1.29 is 14.1 Å². The first kappa shape index (κ1) is 18.7. The van der Waals surface area contributed by atoms with Gasteiger partial charge in [0.05, 0.1) is 5.69 Å². The molecule has 9 heteroatoms. The molecule has 0 saturated carbocycles. The maximum Gasteiger partial charge on any atom is 0.231 e. The lowest BCUT2D eigenvalue weighted by atomic mass is 10.1. The average Bonchev–Trinajstić information content (AvgIpc) is 3.32. The zero-order chi connectivity index (χ0) is 20.4. The number of amides is 2. The van der Waals surface area contributed by atoms with E-state index in [0.29, 0.717) is 17.9 Å². The van der Waals surface area contributed by atoms with Crippen LogP contribution in [0.15, 0.2) is 40.9 Å². The zero-order valence-electron chi connectivity index (χ0n) is 16.1. The monoisotopic (exact) mass is 394 g/mol. The molecule has 0 radical (unpaired) electrons. The smallest absolute Gasteiger partial charge is 0.231 e. The Kier molecular flexibility index (Phi) is 5.03. The molecule has 0 spiro atoms. The Morgan fingerprint density at radius 1 is 1.17 bits per heavy atom. The van der Waals surface area contributed by atoms with Gasteiger partial charge in [-0.25, -0.2) is 4.68 Å². The van der Waals surface area contributed by atoms with Crippen LogP contribution < -0.4 is 16.0 Å². The summed E-state index contributed by atoms with van der Waals surface area (Å²) in [6.07, 6.45) is 1.01. The molecule has 1 aliphatic heterocycles. The number of carbonyl (C=O) groups is 2. The quantitative estimate of drug-likeness (QED) is 0.642. The summed E-state index contributed by atoms with van der Waals surface area (Å²) in [6.45, 7) is 3.34. The Bertz CT molecular complexity index is 1040. The minimum Gasteiger partial charge on any atom is -0.399 e. The summed E-state index contributed by atoms with van der Waals surface area (Å²) in [6, 6.07) is 10.7. The van der Waals surface area contributed by atoms with Gasteiger partial charge in [0.25, 0.3) is 0 Å². The fourth-order valence-corrected chi connectivity index (χ4v) is 3.34. The normalized spacial score (nSPS) is 13.2. The summed E-state index contributed by atoms with van der Waals surface area (Å²) in [5.74, 6) is 0.629. The van der Waals surface area contributed by atoms with E-state index in [1.54, 1.807) is 23.1 Å². The van der Waals surface area contributed by atoms with E-state index in [4.69, 9.17) is 10.3 Å². The largest absolute Gasteiger partial charge is 0.399 e. The topological polar surface area (TPSA) is 119 Å². The first-order chi connectivity index (χ1) is 14.0. The molecule has 3 heterocycles. The summed E-state index contributed by atoms with van der Waals surface area (Å²) in [4.78, 5) is 26.5. The van der Waals surface area contributed by atoms with E-state index in [0.717, 1.165) is 30.0 Å². The zero-order valence-corrected chi connectivity index (χ0v) is 16.1. The summed E-state index contributed by atoms with van der Waals surface area (Å²) in [5, 5.41) is 11.0. The van der Waals surface area contributed by atoms with E-state index in [1.165, 1.54) is 0 Å². The van der Waals surface area contributed by atoms with Crippen LogP contribution in [-0.2, 0) is 16.1 Å². The molecule has 1 aliphatic rings. The summed E-state index contributed by atoms with van der Waals surface area (Å²) >= 11 is 0. The van der Waals surface area contributed by atoms with Crippen molar-refractivity contribution in [1.82, 2.24) is 14.9 Å². The van der Waals surface area contributed by atoms with Gasteiger partial charge < -0.3 is 10.3 Å². The molecule has 0 atom stereocenters. The molecular weight excluding hydrogens is 372 g/mol. The standard InChI is InChI=1S/C20H22N6O3/c1-13-11-19-25(9-2-10-26(19)23-13)20(28)8-7-17(27)22-18-12-16(24-29-18)14-3-5-15(21)6-4-14/h3-6,11-12H,2,7-10,21H2,1H3,(H,22,27). The Labute approximate surface area is 167 Å². The fourth-order valence-electron chi connectivity index (χ4n) is 3.34. The van der Waals surface area contributed by atoms with E-state index in [1.807, 2.05) is 29.8 Å². The van der Waals surface area contributed by atoms with E-state index < -0.39 is 0 Å². The second-order valence-electron chi connectivity index (χ2n) is 7.01. The van der Waals surface area contributed by atoms with E-state index >= 15 is 0 Å². The molecule has 0 fully saturated rings. The van der Waals surface area contributed by atoms with Crippen molar-refractivity contribution in [3.05, 3.63) is 42.1 Å². The van der Waals surface area contributed by atoms with Gasteiger partial charge in [0.15, 0.2) is 0 Å². The molecule has 0 saturated heterocycles. The predicted octanol–water partition coefficient (Wildman–Crippen LogP) is 2.58. The molecule has 0 unspecified atom stereocenters. The Morgan fingerprint density at radius 2 is 1.97 bits per heavy atom. The number of aryl methyl sites for hydroxylation is 2. The second-order valence-corrected chi connectivity index (χ2v) is 7.01. The Balaban J connectivity index is 1.33. The molecule has 2 amide bonds. The summed E-state index contributed by atoms with van der Waals surface area (Å²) in [5.41, 5.74) is 8.63. The SMILES string of the molecule is Cc1cc2n(n1)CCCN2C(=O)CCC(=O)Nc1cc(-c2ccc(N)cc2)no1. The van der Waals surface area contributed by atoms with Crippen molar-refractivity contribution >= 4 is 29.2 Å². The van der Waals surface area contributed by atoms with Crippen molar-refractivity contribution in [3.8, 4) is 11.3 Å². The number of hydrogen-bond acceptors (Lipinski definition) is 6. The molecule has 2 aromatic heterocycles. The maximum atomic E-state index is 12.6. The number of aromatic nitrogens is 3. The number of hydrogen-bond donors (Lipinski definition) is 2. The van der Waals surface area contributed by atoms with Gasteiger partial charge in [-0.1, -0.05) is 17.3 Å². The second kappa shape index (κ2) is 7.78. The van der Waals surface area contributed by atoms with Crippen molar-refractivity contribution in [1.29, 1.82) is 0 Å². The van der Waals surface area contributed by atoms with Gasteiger partial charge in [-0.3, -0.25) is 19.8 Å². The fraction of sp³-hybridized carbons (Fsp3) is 0.300. The maximum absolute atomic E-state index is 12.6. The van der Waals surface area contributed by atoms with Crippen LogP contribution in [0.3, 0.4) is 0 Å². The first-order valence-corrected chi connectivity index (χ1v) is 9.47. The molecule has 9 nitrogen and oxygen atoms in total. The van der Waals surface area contributed by atoms with Crippen molar-refractivity contribution in [2.45, 2.75) is 32.7 Å². The van der Waals surface area contributed by atoms with Crippen molar-refractivity contribution in [3.63, 3.8) is 0 Å². The van der Waals surface area contributed by atoms with Gasteiger partial charge in [0.2, 0.25) is 17.7 Å². The highest BCUT2D eigenvalue weighted by molar-refractivity contribution is 5.97. The predicted molar refractivity (Wildman–Crippen MR) is 108 cm³/mol. The molecule has 3 N–H and O–H groups in total. The molecule has 29 heavy (non-hydrogen) atoms. The van der Waals surface area contributed by atoms with Crippen LogP contribution in [0, 0.1) is 6.92 Å². The van der Waals surface area contributed by atoms with Gasteiger partial charge in [0.1, 0.15) is 11.5 Å². The number of anilines is 3. The highest BCUT2D eigenvalue weighted by Crippen LogP contribution is 2.24. The number of nitrogen functional groups attached to an aromatic ring is 1. The minimum atomic E-state index is -0.306. The van der Waals surface area contributed by atoms with Crippen LogP contribution in [0.25, 0.3) is 11.3 Å². The average molecular weight is 394 g/mol. The van der Waals surface area contributed by atoms with Crippen LogP contribution in [0.5, 0.6) is 0 Å². The van der Waals surface area contributed by atoms with Crippen LogP contribution in [-0.4, -0.2) is 33.3 Å². The van der Waals surface area contributed by atoms with Crippen LogP contribution in [0.2, 0.25) is 0 Å². The third-order valence-corrected chi connectivity index (χ3v) is 4.76. The number of benzene rings is 1. The molecule has 1 aromatic carbocycles. The van der Waals surface area contributed by atoms with Gasteiger partial charge in [-0.2, -0.15) is 5.10 Å². The van der Waals surface area contributed by atoms with Crippen LogP contribution in [0.1, 0.15) is 25.0 Å². The van der Waals surface area contributed by atoms with Crippen molar-refractivity contribution in [2.24, 2.45) is 0 Å². The Morgan fingerprint density at radius 3 is 2.76 bits per heavy atom. The number of nitrogens with two attached hydrogens (primary N) is 1. The van der Waals surface area contributed by atoms with Gasteiger partial charge >= 0.3 is 0 Å². The molecule has 150 valence electrons. The van der Waals surface area contributed by atoms with Crippen LogP contribution in [0.4, 0.5) is 17.4 Å². The lowest BCUT2D eigenvalue weighted by molar-refractivity contribution is -0.122. The molecule has 0 aliphatic carbocycles. The van der Waals surface area contributed by atoms with Gasteiger partial charge in [0, 0.05) is 49.3 Å². The third-order valence-electron chi connectivity index (χ3n) is 4.76. The van der Waals surface area contributed by atoms with E-state index in [9.17, 15) is 9.59 Å². The highest BCUT2D eigenvalue weighted by atomic mass is 16.5. The third kappa shape index (κ3) is 4.13. The molecule has 3 aromatic rings. The minimum absolute atomic E-state index is 0.0559. The Hall–Kier alpha value is -3.62.